The number of amides is 1. The van der Waals surface area contributed by atoms with Crippen LogP contribution in [0.15, 0.2) is 0 Å². The number of thioether (sulfide) groups is 2. The SMILES string of the molecule is CSCC[C@H](SC(C)=O)C(=O)N[C@@H](CCC(=O)C=[N+]=[N-])C(=O)OC(C)C. The van der Waals surface area contributed by atoms with Gasteiger partial charge in [-0.05, 0) is 38.7 Å². The Labute approximate surface area is 161 Å². The molecule has 0 aromatic rings. The monoisotopic (exact) mass is 403 g/mol. The van der Waals surface area contributed by atoms with Crippen molar-refractivity contribution < 1.29 is 28.7 Å². The van der Waals surface area contributed by atoms with Crippen LogP contribution in [0.4, 0.5) is 0 Å². The Hall–Kier alpha value is -1.64. The Kier molecular flexibility index (Phi) is 12.7. The fourth-order valence-corrected chi connectivity index (χ4v) is 3.34. The lowest BCUT2D eigenvalue weighted by atomic mass is 10.1. The molecule has 0 heterocycles. The van der Waals surface area contributed by atoms with Gasteiger partial charge in [0.15, 0.2) is 5.12 Å². The van der Waals surface area contributed by atoms with Crippen molar-refractivity contribution in [3.63, 3.8) is 0 Å². The van der Waals surface area contributed by atoms with Gasteiger partial charge in [-0.25, -0.2) is 4.79 Å². The molecule has 1 N–H and O–H groups in total. The second-order valence-electron chi connectivity index (χ2n) is 5.68. The van der Waals surface area contributed by atoms with Gasteiger partial charge in [-0.15, -0.1) is 0 Å². The molecule has 1 amide bonds. The molecule has 0 aromatic carbocycles. The number of nitrogens with zero attached hydrogens (tertiary/aromatic N) is 2. The van der Waals surface area contributed by atoms with E-state index in [2.05, 4.69) is 10.1 Å². The maximum Gasteiger partial charge on any atom is 0.328 e. The van der Waals surface area contributed by atoms with Crippen LogP contribution in [0, 0.1) is 0 Å². The predicted molar refractivity (Wildman–Crippen MR) is 102 cm³/mol. The number of nitrogens with one attached hydrogen (secondary N) is 1. The van der Waals surface area contributed by atoms with Crippen molar-refractivity contribution >= 4 is 52.5 Å². The number of carbonyl (C=O) groups is 4. The maximum atomic E-state index is 12.5. The Balaban J connectivity index is 5.10. The summed E-state index contributed by atoms with van der Waals surface area (Å²) >= 11 is 2.46. The number of hydrogen-bond acceptors (Lipinski definition) is 7. The molecular weight excluding hydrogens is 378 g/mol. The quantitative estimate of drug-likeness (QED) is 0.226. The summed E-state index contributed by atoms with van der Waals surface area (Å²) in [5, 5.41) is 1.76. The van der Waals surface area contributed by atoms with E-state index in [0.29, 0.717) is 12.2 Å². The first kappa shape index (κ1) is 24.4. The molecule has 26 heavy (non-hydrogen) atoms. The summed E-state index contributed by atoms with van der Waals surface area (Å²) in [6.07, 6.45) is 2.62. The van der Waals surface area contributed by atoms with Crippen LogP contribution in [-0.4, -0.2) is 63.2 Å². The Morgan fingerprint density at radius 1 is 1.23 bits per heavy atom. The fourth-order valence-electron chi connectivity index (χ4n) is 1.91. The first-order chi connectivity index (χ1) is 12.2. The van der Waals surface area contributed by atoms with Gasteiger partial charge in [0, 0.05) is 13.3 Å². The molecule has 0 saturated carbocycles. The summed E-state index contributed by atoms with van der Waals surface area (Å²) < 4.78 is 5.12. The Bertz CT molecular complexity index is 562. The van der Waals surface area contributed by atoms with E-state index < -0.39 is 29.0 Å². The van der Waals surface area contributed by atoms with Crippen LogP contribution in [0.2, 0.25) is 0 Å². The number of Topliss-reactive ketones (excluding diaryl/α,β-unsaturated/α-hetero) is 1. The van der Waals surface area contributed by atoms with Crippen molar-refractivity contribution in [2.24, 2.45) is 0 Å². The third kappa shape index (κ3) is 11.1. The fraction of sp³-hybridized carbons (Fsp3) is 0.688. The summed E-state index contributed by atoms with van der Waals surface area (Å²) in [7, 11) is 0. The molecule has 0 aromatic heterocycles. The molecule has 0 rings (SSSR count). The minimum absolute atomic E-state index is 0.00212. The highest BCUT2D eigenvalue weighted by Crippen LogP contribution is 2.18. The molecule has 0 spiro atoms. The van der Waals surface area contributed by atoms with Gasteiger partial charge < -0.3 is 15.6 Å². The molecule has 8 nitrogen and oxygen atoms in total. The summed E-state index contributed by atoms with van der Waals surface area (Å²) in [5.41, 5.74) is 8.37. The molecule has 0 saturated heterocycles. The van der Waals surface area contributed by atoms with Crippen LogP contribution in [0.5, 0.6) is 0 Å². The molecule has 0 aliphatic rings. The highest BCUT2D eigenvalue weighted by molar-refractivity contribution is 8.14. The van der Waals surface area contributed by atoms with Gasteiger partial charge >= 0.3 is 12.2 Å². The Morgan fingerprint density at radius 3 is 2.38 bits per heavy atom. The average molecular weight is 404 g/mol. The molecule has 0 bridgehead atoms. The Morgan fingerprint density at radius 2 is 1.88 bits per heavy atom. The van der Waals surface area contributed by atoms with Gasteiger partial charge in [0.05, 0.1) is 11.4 Å². The molecule has 0 aliphatic carbocycles. The van der Waals surface area contributed by atoms with Crippen LogP contribution in [0.1, 0.15) is 40.0 Å². The summed E-state index contributed by atoms with van der Waals surface area (Å²) in [6, 6.07) is -1.02. The van der Waals surface area contributed by atoms with Gasteiger partial charge in [0.1, 0.15) is 6.04 Å². The van der Waals surface area contributed by atoms with E-state index in [1.54, 1.807) is 25.6 Å². The van der Waals surface area contributed by atoms with E-state index >= 15 is 0 Å². The van der Waals surface area contributed by atoms with Crippen molar-refractivity contribution in [3.05, 3.63) is 5.53 Å². The highest BCUT2D eigenvalue weighted by Gasteiger charge is 2.28. The zero-order valence-corrected chi connectivity index (χ0v) is 17.0. The van der Waals surface area contributed by atoms with Crippen molar-refractivity contribution in [1.29, 1.82) is 0 Å². The zero-order chi connectivity index (χ0) is 20.1. The second kappa shape index (κ2) is 13.5. The molecule has 2 atom stereocenters. The third-order valence-electron chi connectivity index (χ3n) is 3.02. The van der Waals surface area contributed by atoms with E-state index in [1.807, 2.05) is 6.26 Å². The summed E-state index contributed by atoms with van der Waals surface area (Å²) in [4.78, 5) is 50.2. The standard InChI is InChI=1S/C16H25N3O5S2/c1-10(2)24-16(23)13(6-5-12(21)9-18-17)19-15(22)14(7-8-25-4)26-11(3)20/h9-10,13-14H,5-8H2,1-4H3,(H,19,22)/t13-,14-/m0/s1. The van der Waals surface area contributed by atoms with Crippen molar-refractivity contribution in [2.45, 2.75) is 57.4 Å². The average Bonchev–Trinajstić information content (AvgIpc) is 2.54. The molecular formula is C16H25N3O5S2. The number of esters is 1. The number of rotatable bonds is 12. The van der Waals surface area contributed by atoms with Crippen LogP contribution < -0.4 is 5.32 Å². The first-order valence-corrected chi connectivity index (χ1v) is 10.4. The number of ketones is 1. The smallest absolute Gasteiger partial charge is 0.328 e. The molecule has 0 aliphatic heterocycles. The van der Waals surface area contributed by atoms with Gasteiger partial charge in [0.2, 0.25) is 11.7 Å². The van der Waals surface area contributed by atoms with E-state index in [4.69, 9.17) is 10.3 Å². The van der Waals surface area contributed by atoms with Crippen molar-refractivity contribution in [3.8, 4) is 0 Å². The molecule has 0 fully saturated rings. The van der Waals surface area contributed by atoms with Gasteiger partial charge in [0.25, 0.3) is 0 Å². The number of hydrogen-bond donors (Lipinski definition) is 1. The van der Waals surface area contributed by atoms with Crippen molar-refractivity contribution in [1.82, 2.24) is 5.32 Å². The van der Waals surface area contributed by atoms with E-state index in [0.717, 1.165) is 18.0 Å². The zero-order valence-electron chi connectivity index (χ0n) is 15.4. The minimum atomic E-state index is -1.02. The lowest BCUT2D eigenvalue weighted by molar-refractivity contribution is -0.151. The molecule has 0 radical (unpaired) electrons. The first-order valence-electron chi connectivity index (χ1n) is 8.08. The number of carbonyl (C=O) groups excluding carboxylic acids is 4. The minimum Gasteiger partial charge on any atom is -0.461 e. The van der Waals surface area contributed by atoms with Crippen molar-refractivity contribution in [2.75, 3.05) is 12.0 Å². The van der Waals surface area contributed by atoms with Crippen LogP contribution in [0.25, 0.3) is 5.53 Å². The van der Waals surface area contributed by atoms with E-state index in [1.165, 1.54) is 6.92 Å². The summed E-state index contributed by atoms with van der Waals surface area (Å²) in [5.74, 6) is -0.904. The normalized spacial score (nSPS) is 12.7. The van der Waals surface area contributed by atoms with Gasteiger partial charge in [-0.1, -0.05) is 11.8 Å². The third-order valence-corrected chi connectivity index (χ3v) is 4.73. The molecule has 0 unspecified atom stereocenters. The lowest BCUT2D eigenvalue weighted by Crippen LogP contribution is -2.46. The summed E-state index contributed by atoms with van der Waals surface area (Å²) in [6.45, 7) is 4.72. The van der Waals surface area contributed by atoms with Crippen LogP contribution in [-0.2, 0) is 23.9 Å². The molecule has 10 heteroatoms. The molecule has 146 valence electrons. The maximum absolute atomic E-state index is 12.5. The van der Waals surface area contributed by atoms with E-state index in [-0.39, 0.29) is 24.1 Å². The number of ether oxygens (including phenoxy) is 1. The second-order valence-corrected chi connectivity index (χ2v) is 8.04. The van der Waals surface area contributed by atoms with Gasteiger partial charge in [-0.2, -0.15) is 16.6 Å². The van der Waals surface area contributed by atoms with E-state index in [9.17, 15) is 19.2 Å². The predicted octanol–water partition coefficient (Wildman–Crippen LogP) is 1.47. The lowest BCUT2D eigenvalue weighted by Gasteiger charge is -2.21. The van der Waals surface area contributed by atoms with Gasteiger partial charge in [-0.3, -0.25) is 14.4 Å². The van der Waals surface area contributed by atoms with Crippen LogP contribution in [0.3, 0.4) is 0 Å². The van der Waals surface area contributed by atoms with Crippen LogP contribution >= 0.6 is 23.5 Å². The topological polar surface area (TPSA) is 126 Å². The largest absolute Gasteiger partial charge is 0.461 e. The highest BCUT2D eigenvalue weighted by atomic mass is 32.2.